The fraction of sp³-hybridized carbons (Fsp3) is 0.333. The van der Waals surface area contributed by atoms with Crippen LogP contribution in [0.1, 0.15) is 26.0 Å². The Balaban J connectivity index is 1.88. The summed E-state index contributed by atoms with van der Waals surface area (Å²) in [5.41, 5.74) is 1.42. The first-order chi connectivity index (χ1) is 13.4. The molecule has 0 aliphatic carbocycles. The van der Waals surface area contributed by atoms with Crippen molar-refractivity contribution in [2.45, 2.75) is 26.3 Å². The van der Waals surface area contributed by atoms with Gasteiger partial charge in [0.15, 0.2) is 6.61 Å². The first-order valence-corrected chi connectivity index (χ1v) is 9.02. The molecule has 28 heavy (non-hydrogen) atoms. The van der Waals surface area contributed by atoms with Gasteiger partial charge in [0.1, 0.15) is 6.04 Å². The Morgan fingerprint density at radius 3 is 2.64 bits per heavy atom. The lowest BCUT2D eigenvalue weighted by Crippen LogP contribution is -2.47. The molecule has 0 saturated heterocycles. The standard InChI is InChI=1S/C21H24N2O5/c1-4-14(2)20(21(26)27-3)23-18(24)13-28-19(25)12-11-16-10-9-15-7-5-6-8-17(15)22-16/h5-12,14,20H,4,13H2,1-3H3,(H,23,24)/b12-11+/t14-,20-/m1/s1. The third-order valence-corrected chi connectivity index (χ3v) is 4.34. The van der Waals surface area contributed by atoms with Crippen molar-refractivity contribution in [1.29, 1.82) is 0 Å². The van der Waals surface area contributed by atoms with Crippen LogP contribution in [-0.2, 0) is 23.9 Å². The number of nitrogens with one attached hydrogen (secondary N) is 1. The molecule has 1 aromatic heterocycles. The molecule has 0 spiro atoms. The number of esters is 2. The van der Waals surface area contributed by atoms with Crippen molar-refractivity contribution in [3.05, 3.63) is 48.2 Å². The number of aromatic nitrogens is 1. The minimum Gasteiger partial charge on any atom is -0.467 e. The van der Waals surface area contributed by atoms with Crippen LogP contribution in [0, 0.1) is 5.92 Å². The minimum absolute atomic E-state index is 0.106. The maximum atomic E-state index is 12.0. The summed E-state index contributed by atoms with van der Waals surface area (Å²) >= 11 is 0. The van der Waals surface area contributed by atoms with Gasteiger partial charge in [0.25, 0.3) is 5.91 Å². The summed E-state index contributed by atoms with van der Waals surface area (Å²) in [4.78, 5) is 40.0. The number of carbonyl (C=O) groups is 3. The SMILES string of the molecule is CC[C@@H](C)[C@@H](NC(=O)COC(=O)/C=C/c1ccc2ccccc2n1)C(=O)OC. The highest BCUT2D eigenvalue weighted by atomic mass is 16.5. The number of hydrogen-bond donors (Lipinski definition) is 1. The highest BCUT2D eigenvalue weighted by Crippen LogP contribution is 2.12. The van der Waals surface area contributed by atoms with Crippen molar-refractivity contribution >= 4 is 34.8 Å². The second-order valence-electron chi connectivity index (χ2n) is 6.32. The Labute approximate surface area is 163 Å². The number of fused-ring (bicyclic) bond motifs is 1. The second kappa shape index (κ2) is 10.2. The molecule has 1 heterocycles. The molecular formula is C21H24N2O5. The van der Waals surface area contributed by atoms with E-state index in [1.54, 1.807) is 6.07 Å². The van der Waals surface area contributed by atoms with E-state index in [9.17, 15) is 14.4 Å². The Morgan fingerprint density at radius 1 is 1.18 bits per heavy atom. The van der Waals surface area contributed by atoms with Gasteiger partial charge in [-0.25, -0.2) is 14.6 Å². The van der Waals surface area contributed by atoms with Gasteiger partial charge >= 0.3 is 11.9 Å². The predicted octanol–water partition coefficient (Wildman–Crippen LogP) is 2.50. The van der Waals surface area contributed by atoms with Crippen molar-refractivity contribution in [1.82, 2.24) is 10.3 Å². The van der Waals surface area contributed by atoms with Crippen molar-refractivity contribution in [2.24, 2.45) is 5.92 Å². The van der Waals surface area contributed by atoms with Crippen LogP contribution in [0.5, 0.6) is 0 Å². The third kappa shape index (κ3) is 5.90. The molecule has 2 rings (SSSR count). The Morgan fingerprint density at radius 2 is 1.93 bits per heavy atom. The summed E-state index contributed by atoms with van der Waals surface area (Å²) in [5.74, 6) is -1.88. The molecule has 7 heteroatoms. The number of hydrogen-bond acceptors (Lipinski definition) is 6. The number of carbonyl (C=O) groups excluding carboxylic acids is 3. The maximum absolute atomic E-state index is 12.0. The van der Waals surface area contributed by atoms with E-state index in [0.717, 1.165) is 10.9 Å². The molecular weight excluding hydrogens is 360 g/mol. The molecule has 0 radical (unpaired) electrons. The topological polar surface area (TPSA) is 94.6 Å². The molecule has 0 fully saturated rings. The zero-order valence-corrected chi connectivity index (χ0v) is 16.2. The number of nitrogens with zero attached hydrogens (tertiary/aromatic N) is 1. The normalized spacial score (nSPS) is 13.1. The van der Waals surface area contributed by atoms with Crippen molar-refractivity contribution in [3.63, 3.8) is 0 Å². The molecule has 148 valence electrons. The van der Waals surface area contributed by atoms with Crippen LogP contribution < -0.4 is 5.32 Å². The largest absolute Gasteiger partial charge is 0.467 e. The Hall–Kier alpha value is -3.22. The van der Waals surface area contributed by atoms with Crippen LogP contribution in [0.15, 0.2) is 42.5 Å². The number of amides is 1. The molecule has 2 atom stereocenters. The Kier molecular flexibility index (Phi) is 7.68. The van der Waals surface area contributed by atoms with Gasteiger partial charge in [-0.2, -0.15) is 0 Å². The summed E-state index contributed by atoms with van der Waals surface area (Å²) in [7, 11) is 1.26. The van der Waals surface area contributed by atoms with Gasteiger partial charge in [0, 0.05) is 11.5 Å². The summed E-state index contributed by atoms with van der Waals surface area (Å²) in [6.45, 7) is 3.24. The lowest BCUT2D eigenvalue weighted by atomic mass is 9.99. The average molecular weight is 384 g/mol. The Bertz CT molecular complexity index is 878. The van der Waals surface area contributed by atoms with Crippen LogP contribution >= 0.6 is 0 Å². The quantitative estimate of drug-likeness (QED) is 0.555. The van der Waals surface area contributed by atoms with E-state index in [4.69, 9.17) is 9.47 Å². The lowest BCUT2D eigenvalue weighted by molar-refractivity contribution is -0.148. The maximum Gasteiger partial charge on any atom is 0.331 e. The average Bonchev–Trinajstić information content (AvgIpc) is 2.73. The molecule has 7 nitrogen and oxygen atoms in total. The van der Waals surface area contributed by atoms with E-state index >= 15 is 0 Å². The molecule has 0 aliphatic heterocycles. The second-order valence-corrected chi connectivity index (χ2v) is 6.32. The highest BCUT2D eigenvalue weighted by molar-refractivity contribution is 5.90. The third-order valence-electron chi connectivity index (χ3n) is 4.34. The van der Waals surface area contributed by atoms with Gasteiger partial charge in [-0.3, -0.25) is 4.79 Å². The lowest BCUT2D eigenvalue weighted by Gasteiger charge is -2.21. The number of ether oxygens (including phenoxy) is 2. The van der Waals surface area contributed by atoms with Crippen LogP contribution in [0.2, 0.25) is 0 Å². The van der Waals surface area contributed by atoms with Gasteiger partial charge in [0.05, 0.1) is 18.3 Å². The zero-order chi connectivity index (χ0) is 20.5. The van der Waals surface area contributed by atoms with E-state index < -0.39 is 30.5 Å². The van der Waals surface area contributed by atoms with E-state index in [2.05, 4.69) is 10.3 Å². The minimum atomic E-state index is -0.779. The van der Waals surface area contributed by atoms with E-state index in [1.807, 2.05) is 44.2 Å². The monoisotopic (exact) mass is 384 g/mol. The van der Waals surface area contributed by atoms with Gasteiger partial charge in [-0.15, -0.1) is 0 Å². The van der Waals surface area contributed by atoms with Crippen LogP contribution in [0.4, 0.5) is 0 Å². The summed E-state index contributed by atoms with van der Waals surface area (Å²) in [5, 5.41) is 3.54. The van der Waals surface area contributed by atoms with E-state index in [-0.39, 0.29) is 5.92 Å². The molecule has 1 aromatic carbocycles. The fourth-order valence-corrected chi connectivity index (χ4v) is 2.52. The van der Waals surface area contributed by atoms with Crippen molar-refractivity contribution in [2.75, 3.05) is 13.7 Å². The first kappa shape index (κ1) is 21.1. The summed E-state index contributed by atoms with van der Waals surface area (Å²) in [6, 6.07) is 10.5. The molecule has 0 saturated carbocycles. The van der Waals surface area contributed by atoms with Gasteiger partial charge in [-0.05, 0) is 24.1 Å². The highest BCUT2D eigenvalue weighted by Gasteiger charge is 2.26. The molecule has 0 bridgehead atoms. The number of pyridine rings is 1. The number of rotatable bonds is 8. The number of benzene rings is 1. The molecule has 0 unspecified atom stereocenters. The molecule has 2 aromatic rings. The first-order valence-electron chi connectivity index (χ1n) is 9.02. The van der Waals surface area contributed by atoms with Crippen LogP contribution in [0.25, 0.3) is 17.0 Å². The van der Waals surface area contributed by atoms with Crippen LogP contribution in [0.3, 0.4) is 0 Å². The van der Waals surface area contributed by atoms with Gasteiger partial charge < -0.3 is 14.8 Å². The van der Waals surface area contributed by atoms with Crippen molar-refractivity contribution < 1.29 is 23.9 Å². The summed E-state index contributed by atoms with van der Waals surface area (Å²) < 4.78 is 9.62. The molecule has 1 N–H and O–H groups in total. The number of para-hydroxylation sites is 1. The van der Waals surface area contributed by atoms with E-state index in [1.165, 1.54) is 19.3 Å². The number of methoxy groups -OCH3 is 1. The van der Waals surface area contributed by atoms with Crippen molar-refractivity contribution in [3.8, 4) is 0 Å². The molecule has 1 amide bonds. The molecule has 0 aliphatic rings. The predicted molar refractivity (Wildman–Crippen MR) is 105 cm³/mol. The fourth-order valence-electron chi connectivity index (χ4n) is 2.52. The zero-order valence-electron chi connectivity index (χ0n) is 16.2. The van der Waals surface area contributed by atoms with E-state index in [0.29, 0.717) is 12.1 Å². The van der Waals surface area contributed by atoms with Gasteiger partial charge in [-0.1, -0.05) is 44.5 Å². The smallest absolute Gasteiger partial charge is 0.331 e. The summed E-state index contributed by atoms with van der Waals surface area (Å²) in [6.07, 6.45) is 3.40. The van der Waals surface area contributed by atoms with Gasteiger partial charge in [0.2, 0.25) is 0 Å². The van der Waals surface area contributed by atoms with Crippen LogP contribution in [-0.4, -0.2) is 42.6 Å².